The standard InChI is InChI=1S/C27H25ClF2N6O/c1-25(2)14-8-9-27(25,22-13(14)10-18(33-36-22)21-16(29)6-5-7-17(21)30)23-15(28)12-31-24(32-23)19-11-20(35-34-19)26(3,4)37/h5-7,10,12,14,37H,8-9,11H2,1-4H3/t14-,27+/m0/s1. The van der Waals surface area contributed by atoms with Crippen molar-refractivity contribution in [1.29, 1.82) is 0 Å². The van der Waals surface area contributed by atoms with Gasteiger partial charge in [-0.1, -0.05) is 31.5 Å². The lowest BCUT2D eigenvalue weighted by Crippen LogP contribution is -2.38. The summed E-state index contributed by atoms with van der Waals surface area (Å²) in [7, 11) is 0. The van der Waals surface area contributed by atoms with Crippen molar-refractivity contribution >= 4 is 23.0 Å². The summed E-state index contributed by atoms with van der Waals surface area (Å²) in [5.74, 6) is -0.891. The van der Waals surface area contributed by atoms with Gasteiger partial charge in [-0.25, -0.2) is 18.7 Å². The smallest absolute Gasteiger partial charge is 0.176 e. The second-order valence-corrected chi connectivity index (χ2v) is 11.5. The van der Waals surface area contributed by atoms with Crippen LogP contribution in [0.1, 0.15) is 75.7 Å². The van der Waals surface area contributed by atoms with Gasteiger partial charge in [0.25, 0.3) is 0 Å². The molecule has 0 spiro atoms. The zero-order valence-corrected chi connectivity index (χ0v) is 21.6. The number of nitrogens with zero attached hydrogens (tertiary/aromatic N) is 6. The lowest BCUT2D eigenvalue weighted by Gasteiger charge is -2.37. The van der Waals surface area contributed by atoms with Gasteiger partial charge in [-0.15, -0.1) is 5.10 Å². The third kappa shape index (κ3) is 3.33. The molecule has 1 N–H and O–H groups in total. The van der Waals surface area contributed by atoms with E-state index in [9.17, 15) is 13.9 Å². The predicted octanol–water partition coefficient (Wildman–Crippen LogP) is 5.39. The first-order valence-corrected chi connectivity index (χ1v) is 12.5. The minimum Gasteiger partial charge on any atom is -0.384 e. The van der Waals surface area contributed by atoms with Crippen LogP contribution in [0.25, 0.3) is 11.3 Å². The Morgan fingerprint density at radius 3 is 2.49 bits per heavy atom. The van der Waals surface area contributed by atoms with E-state index >= 15 is 0 Å². The lowest BCUT2D eigenvalue weighted by molar-refractivity contribution is 0.152. The van der Waals surface area contributed by atoms with Gasteiger partial charge < -0.3 is 5.11 Å². The summed E-state index contributed by atoms with van der Waals surface area (Å²) in [6.07, 6.45) is 3.48. The Labute approximate surface area is 217 Å². The van der Waals surface area contributed by atoms with Crippen molar-refractivity contribution in [3.63, 3.8) is 0 Å². The third-order valence-corrected chi connectivity index (χ3v) is 8.62. The second-order valence-electron chi connectivity index (χ2n) is 11.1. The van der Waals surface area contributed by atoms with Gasteiger partial charge in [-0.05, 0) is 61.8 Å². The van der Waals surface area contributed by atoms with Crippen LogP contribution in [0.3, 0.4) is 0 Å². The van der Waals surface area contributed by atoms with E-state index in [0.717, 1.165) is 24.1 Å². The van der Waals surface area contributed by atoms with Crippen LogP contribution in [0.15, 0.2) is 40.7 Å². The summed E-state index contributed by atoms with van der Waals surface area (Å²) in [6.45, 7) is 7.62. The van der Waals surface area contributed by atoms with Crippen LogP contribution in [-0.4, -0.2) is 42.3 Å². The summed E-state index contributed by atoms with van der Waals surface area (Å²) < 4.78 is 29.1. The van der Waals surface area contributed by atoms with Crippen molar-refractivity contribution in [2.75, 3.05) is 0 Å². The van der Waals surface area contributed by atoms with Gasteiger partial charge in [0.05, 0.1) is 44.4 Å². The van der Waals surface area contributed by atoms with E-state index < -0.39 is 22.7 Å². The molecule has 190 valence electrons. The van der Waals surface area contributed by atoms with Gasteiger partial charge in [0.15, 0.2) is 5.82 Å². The van der Waals surface area contributed by atoms with Crippen LogP contribution in [0, 0.1) is 17.0 Å². The molecule has 2 atom stereocenters. The Balaban J connectivity index is 1.47. The molecule has 2 aliphatic carbocycles. The number of aromatic nitrogens is 4. The highest BCUT2D eigenvalue weighted by atomic mass is 35.5. The number of hydrogen-bond donors (Lipinski definition) is 1. The van der Waals surface area contributed by atoms with E-state index in [2.05, 4.69) is 39.2 Å². The summed E-state index contributed by atoms with van der Waals surface area (Å²) in [5, 5.41) is 27.9. The number of aliphatic hydroxyl groups is 1. The second kappa shape index (κ2) is 7.91. The zero-order valence-electron chi connectivity index (χ0n) is 20.8. The van der Waals surface area contributed by atoms with Gasteiger partial charge in [-0.2, -0.15) is 15.3 Å². The zero-order chi connectivity index (χ0) is 26.3. The Bertz CT molecular complexity index is 1510. The van der Waals surface area contributed by atoms with Crippen molar-refractivity contribution < 1.29 is 13.9 Å². The van der Waals surface area contributed by atoms with Crippen molar-refractivity contribution in [2.45, 2.75) is 63.9 Å². The van der Waals surface area contributed by atoms with E-state index in [4.69, 9.17) is 16.6 Å². The molecule has 0 radical (unpaired) electrons. The molecular formula is C27H25ClF2N6O. The topological polar surface area (TPSA) is 96.5 Å². The largest absolute Gasteiger partial charge is 0.384 e. The quantitative estimate of drug-likeness (QED) is 0.495. The average molecular weight is 523 g/mol. The number of hydrogen-bond acceptors (Lipinski definition) is 7. The van der Waals surface area contributed by atoms with Gasteiger partial charge in [0, 0.05) is 12.6 Å². The van der Waals surface area contributed by atoms with Crippen LogP contribution >= 0.6 is 11.6 Å². The molecule has 3 aromatic rings. The number of fused-ring (bicyclic) bond motifs is 5. The normalized spacial score (nSPS) is 23.7. The average Bonchev–Trinajstić information content (AvgIpc) is 3.48. The highest BCUT2D eigenvalue weighted by molar-refractivity contribution is 6.31. The molecule has 2 aromatic heterocycles. The SMILES string of the molecule is CC(C)(O)C1=NN=C(c2ncc(Cl)c([C@@]34CC[C@@H](c5cc(-c6c(F)cccc6F)nnc53)C4(C)C)n2)C1. The van der Waals surface area contributed by atoms with Crippen molar-refractivity contribution in [2.24, 2.45) is 15.6 Å². The van der Waals surface area contributed by atoms with E-state index in [1.807, 2.05) is 0 Å². The Kier molecular flexibility index (Phi) is 5.17. The molecule has 1 saturated carbocycles. The molecule has 37 heavy (non-hydrogen) atoms. The lowest BCUT2D eigenvalue weighted by atomic mass is 9.66. The first kappa shape index (κ1) is 24.2. The van der Waals surface area contributed by atoms with Crippen LogP contribution in [0.2, 0.25) is 5.02 Å². The van der Waals surface area contributed by atoms with Gasteiger partial charge in [0.2, 0.25) is 0 Å². The minimum atomic E-state index is -1.10. The van der Waals surface area contributed by atoms with Crippen molar-refractivity contribution in [3.05, 3.63) is 69.9 Å². The Morgan fingerprint density at radius 1 is 1.08 bits per heavy atom. The molecule has 7 nitrogen and oxygen atoms in total. The first-order valence-electron chi connectivity index (χ1n) is 12.2. The molecule has 3 aliphatic rings. The van der Waals surface area contributed by atoms with Crippen LogP contribution in [0.4, 0.5) is 8.78 Å². The molecule has 0 amide bonds. The number of benzene rings is 1. The van der Waals surface area contributed by atoms with Gasteiger partial charge in [0.1, 0.15) is 17.3 Å². The van der Waals surface area contributed by atoms with E-state index in [1.165, 1.54) is 18.2 Å². The predicted molar refractivity (Wildman–Crippen MR) is 136 cm³/mol. The van der Waals surface area contributed by atoms with Crippen LogP contribution in [-0.2, 0) is 5.41 Å². The maximum atomic E-state index is 14.5. The summed E-state index contributed by atoms with van der Waals surface area (Å²) >= 11 is 6.75. The summed E-state index contributed by atoms with van der Waals surface area (Å²) in [4.78, 5) is 9.33. The molecule has 1 fully saturated rings. The molecule has 6 rings (SSSR count). The molecule has 0 unspecified atom stereocenters. The van der Waals surface area contributed by atoms with E-state index in [1.54, 1.807) is 26.1 Å². The molecule has 1 aliphatic heterocycles. The number of rotatable bonds is 4. The summed E-state index contributed by atoms with van der Waals surface area (Å²) in [6, 6.07) is 5.52. The molecule has 3 heterocycles. The molecule has 10 heteroatoms. The fraction of sp³-hybridized carbons (Fsp3) is 0.407. The van der Waals surface area contributed by atoms with Crippen LogP contribution < -0.4 is 0 Å². The van der Waals surface area contributed by atoms with Gasteiger partial charge in [-0.3, -0.25) is 0 Å². The Morgan fingerprint density at radius 2 is 1.81 bits per heavy atom. The maximum Gasteiger partial charge on any atom is 0.176 e. The number of halogens is 3. The third-order valence-electron chi connectivity index (χ3n) is 8.34. The van der Waals surface area contributed by atoms with Crippen LogP contribution in [0.5, 0.6) is 0 Å². The van der Waals surface area contributed by atoms with Crippen molar-refractivity contribution in [3.8, 4) is 11.3 Å². The van der Waals surface area contributed by atoms with Gasteiger partial charge >= 0.3 is 0 Å². The molecular weight excluding hydrogens is 498 g/mol. The minimum absolute atomic E-state index is 0.0787. The molecule has 0 saturated heterocycles. The Hall–Kier alpha value is -3.17. The fourth-order valence-electron chi connectivity index (χ4n) is 6.33. The first-order chi connectivity index (χ1) is 17.4. The van der Waals surface area contributed by atoms with E-state index in [0.29, 0.717) is 34.4 Å². The molecule has 2 bridgehead atoms. The summed E-state index contributed by atoms with van der Waals surface area (Å²) in [5.41, 5.74) is 1.21. The fourth-order valence-corrected chi connectivity index (χ4v) is 6.58. The highest BCUT2D eigenvalue weighted by Gasteiger charge is 2.65. The monoisotopic (exact) mass is 522 g/mol. The van der Waals surface area contributed by atoms with E-state index in [-0.39, 0.29) is 22.6 Å². The highest BCUT2D eigenvalue weighted by Crippen LogP contribution is 2.70. The molecule has 1 aromatic carbocycles. The van der Waals surface area contributed by atoms with Crippen molar-refractivity contribution in [1.82, 2.24) is 20.2 Å². The maximum absolute atomic E-state index is 14.5.